The molecule has 3 amide bonds. The predicted molar refractivity (Wildman–Crippen MR) is 102 cm³/mol. The number of nitrogens with zero attached hydrogens (tertiary/aromatic N) is 1. The molecule has 0 aliphatic carbocycles. The standard InChI is InChI=1S/C20H30N2O8/c1-11-12(2)15(10-28-14(4)23)29-19(13(11)3)20(27)21-9-5-6-18(26)30-22-16(24)7-8-17(22)25/h11-13,15,19H,5-10H2,1-4H3,(H,21,27). The maximum absolute atomic E-state index is 12.6. The summed E-state index contributed by atoms with van der Waals surface area (Å²) < 4.78 is 11.0. The van der Waals surface area contributed by atoms with Gasteiger partial charge in [0.05, 0.1) is 6.10 Å². The summed E-state index contributed by atoms with van der Waals surface area (Å²) in [7, 11) is 0. The third-order valence-electron chi connectivity index (χ3n) is 5.81. The molecule has 0 aromatic rings. The zero-order chi connectivity index (χ0) is 22.4. The van der Waals surface area contributed by atoms with Gasteiger partial charge in [-0.15, -0.1) is 5.06 Å². The molecule has 0 radical (unpaired) electrons. The van der Waals surface area contributed by atoms with Crippen LogP contribution < -0.4 is 5.32 Å². The minimum absolute atomic E-state index is 0.0364. The molecule has 10 heteroatoms. The lowest BCUT2D eigenvalue weighted by Gasteiger charge is -2.42. The molecule has 2 aliphatic heterocycles. The van der Waals surface area contributed by atoms with Crippen molar-refractivity contribution in [3.63, 3.8) is 0 Å². The van der Waals surface area contributed by atoms with Crippen LogP contribution in [-0.4, -0.2) is 60.1 Å². The van der Waals surface area contributed by atoms with Crippen LogP contribution in [0.1, 0.15) is 53.4 Å². The normalized spacial score (nSPS) is 28.9. The van der Waals surface area contributed by atoms with Crippen molar-refractivity contribution < 1.29 is 38.3 Å². The van der Waals surface area contributed by atoms with E-state index >= 15 is 0 Å². The fourth-order valence-corrected chi connectivity index (χ4v) is 3.57. The number of ether oxygens (including phenoxy) is 2. The van der Waals surface area contributed by atoms with Crippen molar-refractivity contribution in [3.8, 4) is 0 Å². The van der Waals surface area contributed by atoms with E-state index in [0.29, 0.717) is 5.06 Å². The molecular weight excluding hydrogens is 396 g/mol. The van der Waals surface area contributed by atoms with Crippen LogP contribution in [0.2, 0.25) is 0 Å². The Morgan fingerprint density at radius 2 is 1.70 bits per heavy atom. The predicted octanol–water partition coefficient (Wildman–Crippen LogP) is 0.729. The van der Waals surface area contributed by atoms with Gasteiger partial charge in [-0.1, -0.05) is 20.8 Å². The zero-order valence-electron chi connectivity index (χ0n) is 17.8. The fourth-order valence-electron chi connectivity index (χ4n) is 3.57. The average molecular weight is 426 g/mol. The van der Waals surface area contributed by atoms with Crippen molar-refractivity contribution in [3.05, 3.63) is 0 Å². The van der Waals surface area contributed by atoms with E-state index in [-0.39, 0.29) is 68.6 Å². The molecule has 0 aromatic heterocycles. The number of hydrogen-bond donors (Lipinski definition) is 1. The second-order valence-electron chi connectivity index (χ2n) is 7.91. The molecule has 0 bridgehead atoms. The van der Waals surface area contributed by atoms with E-state index in [1.807, 2.05) is 20.8 Å². The van der Waals surface area contributed by atoms with Crippen molar-refractivity contribution in [1.82, 2.24) is 10.4 Å². The first-order chi connectivity index (χ1) is 14.1. The third-order valence-corrected chi connectivity index (χ3v) is 5.81. The summed E-state index contributed by atoms with van der Waals surface area (Å²) >= 11 is 0. The monoisotopic (exact) mass is 426 g/mol. The molecule has 2 rings (SSSR count). The number of esters is 1. The van der Waals surface area contributed by atoms with Crippen molar-refractivity contribution in [2.75, 3.05) is 13.2 Å². The molecule has 0 saturated carbocycles. The van der Waals surface area contributed by atoms with E-state index in [9.17, 15) is 24.0 Å². The number of amides is 3. The van der Waals surface area contributed by atoms with E-state index in [1.54, 1.807) is 0 Å². The number of nitrogens with one attached hydrogen (secondary N) is 1. The molecule has 5 unspecified atom stereocenters. The molecule has 2 aliphatic rings. The van der Waals surface area contributed by atoms with E-state index in [4.69, 9.17) is 14.3 Å². The molecule has 0 aromatic carbocycles. The highest BCUT2D eigenvalue weighted by Gasteiger charge is 2.42. The number of carbonyl (C=O) groups excluding carboxylic acids is 5. The van der Waals surface area contributed by atoms with Crippen LogP contribution >= 0.6 is 0 Å². The van der Waals surface area contributed by atoms with E-state index in [1.165, 1.54) is 6.92 Å². The number of hydrogen-bond acceptors (Lipinski definition) is 8. The van der Waals surface area contributed by atoms with Gasteiger partial charge in [-0.05, 0) is 24.2 Å². The maximum Gasteiger partial charge on any atom is 0.333 e. The Labute approximate surface area is 175 Å². The Balaban J connectivity index is 1.77. The van der Waals surface area contributed by atoms with Gasteiger partial charge >= 0.3 is 11.9 Å². The lowest BCUT2D eigenvalue weighted by molar-refractivity contribution is -0.197. The maximum atomic E-state index is 12.6. The first-order valence-corrected chi connectivity index (χ1v) is 10.2. The lowest BCUT2D eigenvalue weighted by atomic mass is 9.76. The van der Waals surface area contributed by atoms with Gasteiger partial charge in [0, 0.05) is 32.7 Å². The largest absolute Gasteiger partial charge is 0.463 e. The number of carbonyl (C=O) groups is 5. The first-order valence-electron chi connectivity index (χ1n) is 10.2. The SMILES string of the molecule is CC(=O)OCC1OC(C(=O)NCCCC(=O)ON2C(=O)CCC2=O)C(C)C(C)C1C. The second kappa shape index (κ2) is 10.5. The van der Waals surface area contributed by atoms with Crippen LogP contribution in [0.5, 0.6) is 0 Å². The van der Waals surface area contributed by atoms with Crippen LogP contribution in [-0.2, 0) is 38.3 Å². The van der Waals surface area contributed by atoms with Crippen LogP contribution in [0, 0.1) is 17.8 Å². The molecule has 2 fully saturated rings. The lowest BCUT2D eigenvalue weighted by Crippen LogP contribution is -2.53. The first kappa shape index (κ1) is 23.8. The van der Waals surface area contributed by atoms with Crippen molar-refractivity contribution >= 4 is 29.7 Å². The highest BCUT2D eigenvalue weighted by molar-refractivity contribution is 6.01. The molecule has 1 N–H and O–H groups in total. The Kier molecular flexibility index (Phi) is 8.33. The van der Waals surface area contributed by atoms with Gasteiger partial charge in [0.2, 0.25) is 5.91 Å². The Morgan fingerprint density at radius 3 is 2.30 bits per heavy atom. The summed E-state index contributed by atoms with van der Waals surface area (Å²) in [6, 6.07) is 0. The van der Waals surface area contributed by atoms with Gasteiger partial charge in [0.15, 0.2) is 0 Å². The molecule has 5 atom stereocenters. The molecule has 168 valence electrons. The summed E-state index contributed by atoms with van der Waals surface area (Å²) in [6.07, 6.45) is -0.759. The summed E-state index contributed by atoms with van der Waals surface area (Å²) in [5.41, 5.74) is 0. The van der Waals surface area contributed by atoms with Gasteiger partial charge in [0.1, 0.15) is 12.7 Å². The van der Waals surface area contributed by atoms with Gasteiger partial charge in [-0.2, -0.15) is 0 Å². The van der Waals surface area contributed by atoms with Crippen LogP contribution in [0.15, 0.2) is 0 Å². The molecule has 2 heterocycles. The molecular formula is C20H30N2O8. The third kappa shape index (κ3) is 6.01. The number of imide groups is 1. The highest BCUT2D eigenvalue weighted by Crippen LogP contribution is 2.35. The van der Waals surface area contributed by atoms with Gasteiger partial charge in [-0.25, -0.2) is 4.79 Å². The van der Waals surface area contributed by atoms with Gasteiger partial charge in [-0.3, -0.25) is 19.2 Å². The van der Waals surface area contributed by atoms with Crippen molar-refractivity contribution in [1.29, 1.82) is 0 Å². The quantitative estimate of drug-likeness (QED) is 0.342. The van der Waals surface area contributed by atoms with E-state index in [2.05, 4.69) is 5.32 Å². The molecule has 30 heavy (non-hydrogen) atoms. The zero-order valence-corrected chi connectivity index (χ0v) is 17.8. The Hall–Kier alpha value is -2.49. The summed E-state index contributed by atoms with van der Waals surface area (Å²) in [6.45, 7) is 7.61. The van der Waals surface area contributed by atoms with E-state index < -0.39 is 29.9 Å². The Morgan fingerprint density at radius 1 is 1.07 bits per heavy atom. The van der Waals surface area contributed by atoms with Gasteiger partial charge < -0.3 is 19.6 Å². The summed E-state index contributed by atoms with van der Waals surface area (Å²) in [5.74, 6) is -2.21. The van der Waals surface area contributed by atoms with Crippen molar-refractivity contribution in [2.45, 2.75) is 65.6 Å². The second-order valence-corrected chi connectivity index (χ2v) is 7.91. The Bertz CT molecular complexity index is 678. The summed E-state index contributed by atoms with van der Waals surface area (Å²) in [4.78, 5) is 63.1. The van der Waals surface area contributed by atoms with E-state index in [0.717, 1.165) is 0 Å². The van der Waals surface area contributed by atoms with Crippen molar-refractivity contribution in [2.24, 2.45) is 17.8 Å². The topological polar surface area (TPSA) is 128 Å². The highest BCUT2D eigenvalue weighted by atomic mass is 16.7. The summed E-state index contributed by atoms with van der Waals surface area (Å²) in [5, 5.41) is 3.25. The van der Waals surface area contributed by atoms with Crippen LogP contribution in [0.4, 0.5) is 0 Å². The van der Waals surface area contributed by atoms with Crippen LogP contribution in [0.25, 0.3) is 0 Å². The molecule has 2 saturated heterocycles. The minimum Gasteiger partial charge on any atom is -0.463 e. The minimum atomic E-state index is -0.709. The average Bonchev–Trinajstić information content (AvgIpc) is 3.00. The van der Waals surface area contributed by atoms with Crippen LogP contribution in [0.3, 0.4) is 0 Å². The smallest absolute Gasteiger partial charge is 0.333 e. The number of hydroxylamine groups is 2. The van der Waals surface area contributed by atoms with Gasteiger partial charge in [0.25, 0.3) is 11.8 Å². The fraction of sp³-hybridized carbons (Fsp3) is 0.750. The molecule has 10 nitrogen and oxygen atoms in total. The number of rotatable bonds is 8. The molecule has 0 spiro atoms.